The number of nitrogens with zero attached hydrogens (tertiary/aromatic N) is 1. The lowest BCUT2D eigenvalue weighted by Gasteiger charge is -2.39. The Hall–Kier alpha value is -4.58. The molecule has 0 saturated carbocycles. The molecule has 7 rings (SSSR count). The number of carbonyl (C=O) groups excluding carboxylic acids is 3. The van der Waals surface area contributed by atoms with E-state index < -0.39 is 11.5 Å². The molecule has 5 unspecified atom stereocenters. The Bertz CT molecular complexity index is 1840. The number of allylic oxidation sites excluding steroid dienone is 9. The number of phenolic OH excluding ortho intramolecular Hbond substituents is 2. The van der Waals surface area contributed by atoms with Gasteiger partial charge < -0.3 is 35.0 Å². The van der Waals surface area contributed by atoms with Crippen molar-refractivity contribution in [2.45, 2.75) is 69.4 Å². The Kier molecular flexibility index (Phi) is 17.0. The van der Waals surface area contributed by atoms with E-state index in [0.717, 1.165) is 16.0 Å². The van der Waals surface area contributed by atoms with Gasteiger partial charge >= 0.3 is 0 Å². The number of ether oxygens (including phenoxy) is 2. The third-order valence-electron chi connectivity index (χ3n) is 9.30. The van der Waals surface area contributed by atoms with Crippen LogP contribution in [0.2, 0.25) is 0 Å². The Labute approximate surface area is 330 Å². The number of ketones is 3. The highest BCUT2D eigenvalue weighted by atomic mass is 32.2. The number of nitrogens with one attached hydrogen (secondary N) is 1. The van der Waals surface area contributed by atoms with Crippen LogP contribution in [-0.2, 0) is 19.1 Å². The summed E-state index contributed by atoms with van der Waals surface area (Å²) in [6.07, 6.45) is 9.84. The molecule has 10 nitrogen and oxygen atoms in total. The van der Waals surface area contributed by atoms with Gasteiger partial charge in [0.2, 0.25) is 11.5 Å². The molecule has 0 radical (unpaired) electrons. The fourth-order valence-corrected chi connectivity index (χ4v) is 8.47. The molecule has 5 aliphatic rings. The SMILES string of the molecule is CC.CC.CN(C)C.CNC.COC1=CC2CC(Sc3ccccc3)c3cc(OC4=CC5CC=C6C=CC(=O)C(O)=C6C5CC4=O)c(O)c(O)c3C2CC1=O. The van der Waals surface area contributed by atoms with Gasteiger partial charge in [-0.2, -0.15) is 0 Å². The third-order valence-corrected chi connectivity index (χ3v) is 10.6. The van der Waals surface area contributed by atoms with E-state index in [1.807, 2.05) is 110 Å². The van der Waals surface area contributed by atoms with E-state index in [1.54, 1.807) is 30.0 Å². The third kappa shape index (κ3) is 10.4. The number of benzene rings is 2. The predicted octanol–water partition coefficient (Wildman–Crippen LogP) is 8.35. The van der Waals surface area contributed by atoms with Gasteiger partial charge in [0.05, 0.1) is 7.11 Å². The van der Waals surface area contributed by atoms with Gasteiger partial charge in [-0.25, -0.2) is 0 Å². The van der Waals surface area contributed by atoms with Crippen molar-refractivity contribution in [2.24, 2.45) is 17.8 Å². The number of aliphatic hydroxyl groups excluding tert-OH is 1. The molecule has 4 N–H and O–H groups in total. The molecule has 0 saturated heterocycles. The Morgan fingerprint density at radius 3 is 2.02 bits per heavy atom. The van der Waals surface area contributed by atoms with Gasteiger partial charge in [-0.1, -0.05) is 58.0 Å². The van der Waals surface area contributed by atoms with Crippen LogP contribution >= 0.6 is 11.8 Å². The normalized spacial score (nSPS) is 23.1. The molecule has 5 atom stereocenters. The van der Waals surface area contributed by atoms with Crippen LogP contribution in [0.3, 0.4) is 0 Å². The number of Topliss-reactive ketones (excluding diaryl/α,β-unsaturated/α-hetero) is 2. The zero-order valence-corrected chi connectivity index (χ0v) is 34.6. The topological polar surface area (TPSA) is 146 Å². The van der Waals surface area contributed by atoms with Crippen LogP contribution in [-0.4, -0.2) is 79.9 Å². The Balaban J connectivity index is 0.000000667. The summed E-state index contributed by atoms with van der Waals surface area (Å²) in [4.78, 5) is 41.3. The van der Waals surface area contributed by atoms with Crippen molar-refractivity contribution in [3.8, 4) is 17.2 Å². The fraction of sp³-hybridized carbons (Fsp3) is 0.432. The van der Waals surface area contributed by atoms with Crippen LogP contribution in [0.1, 0.15) is 75.7 Å². The first kappa shape index (κ1) is 44.8. The van der Waals surface area contributed by atoms with Crippen molar-refractivity contribution in [3.05, 3.63) is 106 Å². The summed E-state index contributed by atoms with van der Waals surface area (Å²) in [6.45, 7) is 8.00. The number of methoxy groups -OCH3 is 1. The minimum absolute atomic E-state index is 0.0263. The summed E-state index contributed by atoms with van der Waals surface area (Å²) < 4.78 is 11.4. The molecular formula is C44H58N2O8S. The highest BCUT2D eigenvalue weighted by Gasteiger charge is 2.44. The van der Waals surface area contributed by atoms with E-state index >= 15 is 0 Å². The maximum Gasteiger partial charge on any atom is 0.220 e. The number of fused-ring (bicyclic) bond motifs is 6. The van der Waals surface area contributed by atoms with Gasteiger partial charge in [0.1, 0.15) is 0 Å². The maximum absolute atomic E-state index is 13.4. The molecule has 0 bridgehead atoms. The number of carbonyl (C=O) groups is 3. The van der Waals surface area contributed by atoms with E-state index in [2.05, 4.69) is 5.32 Å². The van der Waals surface area contributed by atoms with Gasteiger partial charge in [0.15, 0.2) is 40.3 Å². The quantitative estimate of drug-likeness (QED) is 0.218. The van der Waals surface area contributed by atoms with E-state index in [9.17, 15) is 29.7 Å². The molecule has 298 valence electrons. The van der Waals surface area contributed by atoms with Crippen molar-refractivity contribution in [2.75, 3.05) is 42.3 Å². The van der Waals surface area contributed by atoms with Crippen molar-refractivity contribution in [1.29, 1.82) is 0 Å². The molecule has 55 heavy (non-hydrogen) atoms. The molecule has 11 heteroatoms. The second-order valence-electron chi connectivity index (χ2n) is 13.6. The largest absolute Gasteiger partial charge is 0.504 e. The van der Waals surface area contributed by atoms with Crippen LogP contribution in [0, 0.1) is 17.8 Å². The molecule has 0 amide bonds. The van der Waals surface area contributed by atoms with Gasteiger partial charge in [-0.3, -0.25) is 14.4 Å². The molecule has 2 aromatic rings. The summed E-state index contributed by atoms with van der Waals surface area (Å²) >= 11 is 1.62. The van der Waals surface area contributed by atoms with Crippen LogP contribution in [0.15, 0.2) is 100 Å². The molecule has 0 aromatic heterocycles. The molecular weight excluding hydrogens is 717 g/mol. The molecule has 0 aliphatic heterocycles. The Morgan fingerprint density at radius 1 is 0.818 bits per heavy atom. The highest BCUT2D eigenvalue weighted by Crippen LogP contribution is 2.58. The first-order chi connectivity index (χ1) is 26.4. The maximum atomic E-state index is 13.4. The first-order valence-electron chi connectivity index (χ1n) is 19.0. The number of aromatic hydroxyl groups is 2. The second-order valence-corrected chi connectivity index (χ2v) is 14.9. The number of thioether (sulfide) groups is 1. The highest BCUT2D eigenvalue weighted by molar-refractivity contribution is 7.99. The van der Waals surface area contributed by atoms with Gasteiger partial charge in [-0.05, 0) is 107 Å². The average molecular weight is 775 g/mol. The van der Waals surface area contributed by atoms with Gasteiger partial charge in [0, 0.05) is 46.0 Å². The summed E-state index contributed by atoms with van der Waals surface area (Å²) in [6, 6.07) is 11.5. The zero-order chi connectivity index (χ0) is 41.0. The molecule has 0 heterocycles. The molecule has 2 aromatic carbocycles. The van der Waals surface area contributed by atoms with Crippen molar-refractivity contribution < 1.29 is 39.2 Å². The average Bonchev–Trinajstić information content (AvgIpc) is 3.17. The summed E-state index contributed by atoms with van der Waals surface area (Å²) in [7, 11) is 11.2. The summed E-state index contributed by atoms with van der Waals surface area (Å²) in [5, 5.41) is 35.8. The lowest BCUT2D eigenvalue weighted by molar-refractivity contribution is -0.120. The van der Waals surface area contributed by atoms with Crippen molar-refractivity contribution in [1.82, 2.24) is 10.2 Å². The summed E-state index contributed by atoms with van der Waals surface area (Å²) in [5.74, 6) is -2.87. The molecule has 0 spiro atoms. The lowest BCUT2D eigenvalue weighted by Crippen LogP contribution is -2.32. The zero-order valence-electron chi connectivity index (χ0n) is 33.8. The number of aliphatic hydroxyl groups is 1. The first-order valence-corrected chi connectivity index (χ1v) is 19.8. The van der Waals surface area contributed by atoms with Crippen LogP contribution in [0.5, 0.6) is 17.2 Å². The predicted molar refractivity (Wildman–Crippen MR) is 219 cm³/mol. The standard InChI is InChI=1S/C35H30O8S.C3H9N.C2H7N.2C2H6/c1-42-27-12-19-13-30(44-20-5-3-2-4-6-20)23-16-29(34(40)35(41)32(23)22(19)15-25(27)37)43-28-11-18-8-7-17-9-10-24(36)33(39)31(17)21(18)14-26(28)38;1-4(2)3;1-3-2;2*1-2/h2-7,9-12,16,18-19,21-22,30,39-41H,8,13-15H2,1H3;1-3H3;3H,1-2H3;2*1-2H3. The van der Waals surface area contributed by atoms with Crippen molar-refractivity contribution in [3.63, 3.8) is 0 Å². The number of hydrogen-bond acceptors (Lipinski definition) is 11. The molecule has 0 fully saturated rings. The van der Waals surface area contributed by atoms with Crippen LogP contribution in [0.4, 0.5) is 0 Å². The minimum Gasteiger partial charge on any atom is -0.504 e. The molecule has 5 aliphatic carbocycles. The monoisotopic (exact) mass is 774 g/mol. The number of hydrogen-bond donors (Lipinski definition) is 4. The fourth-order valence-electron chi connectivity index (χ4n) is 7.18. The van der Waals surface area contributed by atoms with Gasteiger partial charge in [-0.15, -0.1) is 11.8 Å². The van der Waals surface area contributed by atoms with Crippen molar-refractivity contribution >= 4 is 29.1 Å². The van der Waals surface area contributed by atoms with E-state index in [4.69, 9.17) is 9.47 Å². The van der Waals surface area contributed by atoms with E-state index in [1.165, 1.54) is 13.2 Å². The Morgan fingerprint density at radius 2 is 1.40 bits per heavy atom. The number of rotatable bonds is 5. The second kappa shape index (κ2) is 20.9. The van der Waals surface area contributed by atoms with E-state index in [-0.39, 0.29) is 76.3 Å². The smallest absolute Gasteiger partial charge is 0.220 e. The van der Waals surface area contributed by atoms with E-state index in [0.29, 0.717) is 29.7 Å². The van der Waals surface area contributed by atoms with Crippen LogP contribution in [0.25, 0.3) is 0 Å². The van der Waals surface area contributed by atoms with Gasteiger partial charge in [0.25, 0.3) is 0 Å². The van der Waals surface area contributed by atoms with Crippen LogP contribution < -0.4 is 10.1 Å². The minimum atomic E-state index is -0.494. The lowest BCUT2D eigenvalue weighted by atomic mass is 9.69. The number of phenols is 2. The summed E-state index contributed by atoms with van der Waals surface area (Å²) in [5.41, 5.74) is 2.47.